The van der Waals surface area contributed by atoms with Crippen LogP contribution in [0.15, 0.2) is 18.5 Å². The first-order valence-electron chi connectivity index (χ1n) is 7.91. The zero-order valence-corrected chi connectivity index (χ0v) is 11.8. The summed E-state index contributed by atoms with van der Waals surface area (Å²) in [5.41, 5.74) is 6.24. The van der Waals surface area contributed by atoms with Crippen LogP contribution in [-0.2, 0) is 5.54 Å². The fraction of sp³-hybridized carbons (Fsp3) is 0.812. The molecule has 5 rings (SSSR count). The monoisotopic (exact) mass is 259 g/mol. The Kier molecular flexibility index (Phi) is 2.57. The van der Waals surface area contributed by atoms with E-state index < -0.39 is 0 Å². The zero-order valence-electron chi connectivity index (χ0n) is 11.8. The molecular formula is C16H25N3. The lowest BCUT2D eigenvalue weighted by Gasteiger charge is -2.59. The second-order valence-corrected chi connectivity index (χ2v) is 7.47. The third-order valence-electron chi connectivity index (χ3n) is 6.39. The molecule has 104 valence electrons. The van der Waals surface area contributed by atoms with E-state index in [2.05, 4.69) is 22.9 Å². The Bertz CT molecular complexity index is 425. The summed E-state index contributed by atoms with van der Waals surface area (Å²) in [7, 11) is 0. The van der Waals surface area contributed by atoms with Crippen molar-refractivity contribution < 1.29 is 0 Å². The van der Waals surface area contributed by atoms with Crippen LogP contribution in [0.1, 0.15) is 39.0 Å². The van der Waals surface area contributed by atoms with Crippen LogP contribution in [0.2, 0.25) is 0 Å². The highest BCUT2D eigenvalue weighted by atomic mass is 15.3. The molecule has 4 bridgehead atoms. The van der Waals surface area contributed by atoms with Crippen molar-refractivity contribution in [3.05, 3.63) is 18.5 Å². The normalized spacial score (nSPS) is 43.4. The number of rotatable bonds is 3. The highest BCUT2D eigenvalue weighted by Crippen LogP contribution is 2.60. The second-order valence-electron chi connectivity index (χ2n) is 7.47. The number of hydrogen-bond donors (Lipinski definition) is 1. The first kappa shape index (κ1) is 12.0. The molecule has 0 aliphatic heterocycles. The standard InChI is InChI=1S/C16H25N3/c1-16(10-17,19-4-2-3-18-19)15-13-6-11-5-12(8-13)9-14(15)7-11/h2-4,11-15H,5-10,17H2,1H3. The van der Waals surface area contributed by atoms with Gasteiger partial charge in [-0.05, 0) is 74.7 Å². The van der Waals surface area contributed by atoms with Crippen LogP contribution in [0.5, 0.6) is 0 Å². The lowest BCUT2D eigenvalue weighted by Crippen LogP contribution is -2.57. The summed E-state index contributed by atoms with van der Waals surface area (Å²) in [6.45, 7) is 3.05. The van der Waals surface area contributed by atoms with E-state index in [0.717, 1.165) is 29.6 Å². The van der Waals surface area contributed by atoms with Gasteiger partial charge < -0.3 is 5.73 Å². The van der Waals surface area contributed by atoms with Gasteiger partial charge in [0.2, 0.25) is 0 Å². The van der Waals surface area contributed by atoms with Gasteiger partial charge in [0, 0.05) is 18.9 Å². The third-order valence-corrected chi connectivity index (χ3v) is 6.39. The molecule has 0 radical (unpaired) electrons. The fourth-order valence-electron chi connectivity index (χ4n) is 5.89. The maximum absolute atomic E-state index is 6.22. The molecule has 1 heterocycles. The Morgan fingerprint density at radius 3 is 2.26 bits per heavy atom. The van der Waals surface area contributed by atoms with Gasteiger partial charge in [-0.15, -0.1) is 0 Å². The average Bonchev–Trinajstić information content (AvgIpc) is 2.91. The van der Waals surface area contributed by atoms with Gasteiger partial charge in [0.25, 0.3) is 0 Å². The average molecular weight is 259 g/mol. The molecule has 0 saturated heterocycles. The van der Waals surface area contributed by atoms with Crippen LogP contribution in [0, 0.1) is 29.6 Å². The van der Waals surface area contributed by atoms with Gasteiger partial charge in [-0.1, -0.05) is 0 Å². The van der Waals surface area contributed by atoms with Crippen molar-refractivity contribution in [1.29, 1.82) is 0 Å². The van der Waals surface area contributed by atoms with Crippen molar-refractivity contribution in [3.63, 3.8) is 0 Å². The molecule has 3 nitrogen and oxygen atoms in total. The molecule has 1 atom stereocenters. The highest BCUT2D eigenvalue weighted by molar-refractivity contribution is 5.06. The maximum Gasteiger partial charge on any atom is 0.0754 e. The van der Waals surface area contributed by atoms with E-state index in [9.17, 15) is 0 Å². The Hall–Kier alpha value is -0.830. The molecule has 0 spiro atoms. The summed E-state index contributed by atoms with van der Waals surface area (Å²) in [6.07, 6.45) is 11.3. The van der Waals surface area contributed by atoms with Gasteiger partial charge in [0.05, 0.1) is 5.54 Å². The molecule has 0 aromatic carbocycles. The lowest BCUT2D eigenvalue weighted by atomic mass is 9.48. The molecule has 4 aliphatic rings. The molecule has 2 N–H and O–H groups in total. The van der Waals surface area contributed by atoms with Crippen molar-refractivity contribution in [2.75, 3.05) is 6.54 Å². The number of nitrogens with zero attached hydrogens (tertiary/aromatic N) is 2. The molecule has 4 saturated carbocycles. The summed E-state index contributed by atoms with van der Waals surface area (Å²) in [5.74, 6) is 4.59. The number of hydrogen-bond acceptors (Lipinski definition) is 2. The Labute approximate surface area is 115 Å². The Morgan fingerprint density at radius 1 is 1.16 bits per heavy atom. The summed E-state index contributed by atoms with van der Waals surface area (Å²) >= 11 is 0. The van der Waals surface area contributed by atoms with Crippen molar-refractivity contribution >= 4 is 0 Å². The SMILES string of the molecule is CC(CN)(C1C2CC3CC(C2)CC1C3)n1cccn1. The predicted octanol–water partition coefficient (Wildman–Crippen LogP) is 2.63. The van der Waals surface area contributed by atoms with Crippen LogP contribution < -0.4 is 5.73 Å². The summed E-state index contributed by atoms with van der Waals surface area (Å²) in [4.78, 5) is 0. The van der Waals surface area contributed by atoms with Crippen LogP contribution in [0.3, 0.4) is 0 Å². The van der Waals surface area contributed by atoms with Gasteiger partial charge in [-0.2, -0.15) is 5.10 Å². The van der Waals surface area contributed by atoms with E-state index in [1.54, 1.807) is 0 Å². The molecule has 4 fully saturated rings. The smallest absolute Gasteiger partial charge is 0.0754 e. The quantitative estimate of drug-likeness (QED) is 0.907. The molecule has 3 heteroatoms. The molecule has 19 heavy (non-hydrogen) atoms. The Balaban J connectivity index is 1.71. The van der Waals surface area contributed by atoms with Crippen LogP contribution in [0.4, 0.5) is 0 Å². The second kappa shape index (κ2) is 4.08. The van der Waals surface area contributed by atoms with Crippen LogP contribution in [0.25, 0.3) is 0 Å². The zero-order chi connectivity index (χ0) is 13.0. The topological polar surface area (TPSA) is 43.8 Å². The summed E-state index contributed by atoms with van der Waals surface area (Å²) < 4.78 is 2.15. The molecule has 4 aliphatic carbocycles. The summed E-state index contributed by atoms with van der Waals surface area (Å²) in [5, 5.41) is 4.53. The first-order chi connectivity index (χ1) is 9.20. The van der Waals surface area contributed by atoms with E-state index in [0.29, 0.717) is 6.54 Å². The van der Waals surface area contributed by atoms with E-state index in [1.807, 2.05) is 12.3 Å². The van der Waals surface area contributed by atoms with Crippen molar-refractivity contribution in [3.8, 4) is 0 Å². The third kappa shape index (κ3) is 1.63. The van der Waals surface area contributed by atoms with Gasteiger partial charge in [-0.3, -0.25) is 4.68 Å². The van der Waals surface area contributed by atoms with Crippen LogP contribution >= 0.6 is 0 Å². The van der Waals surface area contributed by atoms with Crippen LogP contribution in [-0.4, -0.2) is 16.3 Å². The minimum absolute atomic E-state index is 0.0200. The molecule has 0 amide bonds. The van der Waals surface area contributed by atoms with E-state index in [-0.39, 0.29) is 5.54 Å². The molecule has 1 aromatic rings. The minimum atomic E-state index is 0.0200. The summed E-state index contributed by atoms with van der Waals surface area (Å²) in [6, 6.07) is 2.03. The first-order valence-corrected chi connectivity index (χ1v) is 7.91. The Morgan fingerprint density at radius 2 is 1.79 bits per heavy atom. The van der Waals surface area contributed by atoms with Gasteiger partial charge in [0.15, 0.2) is 0 Å². The fourth-order valence-corrected chi connectivity index (χ4v) is 5.89. The lowest BCUT2D eigenvalue weighted by molar-refractivity contribution is -0.0869. The van der Waals surface area contributed by atoms with Gasteiger partial charge in [-0.25, -0.2) is 0 Å². The predicted molar refractivity (Wildman–Crippen MR) is 75.5 cm³/mol. The van der Waals surface area contributed by atoms with Crippen molar-refractivity contribution in [2.45, 2.75) is 44.6 Å². The molecule has 1 unspecified atom stereocenters. The van der Waals surface area contributed by atoms with E-state index >= 15 is 0 Å². The number of nitrogens with two attached hydrogens (primary N) is 1. The van der Waals surface area contributed by atoms with Gasteiger partial charge in [0.1, 0.15) is 0 Å². The molecular weight excluding hydrogens is 234 g/mol. The minimum Gasteiger partial charge on any atom is -0.328 e. The van der Waals surface area contributed by atoms with E-state index in [4.69, 9.17) is 5.73 Å². The number of aromatic nitrogens is 2. The van der Waals surface area contributed by atoms with Gasteiger partial charge >= 0.3 is 0 Å². The van der Waals surface area contributed by atoms with Crippen molar-refractivity contribution in [1.82, 2.24) is 9.78 Å². The highest BCUT2D eigenvalue weighted by Gasteiger charge is 2.54. The maximum atomic E-state index is 6.22. The largest absolute Gasteiger partial charge is 0.328 e. The van der Waals surface area contributed by atoms with Crippen molar-refractivity contribution in [2.24, 2.45) is 35.3 Å². The molecule has 1 aromatic heterocycles. The van der Waals surface area contributed by atoms with E-state index in [1.165, 1.54) is 32.1 Å².